The van der Waals surface area contributed by atoms with Crippen molar-refractivity contribution in [1.82, 2.24) is 9.97 Å². The third kappa shape index (κ3) is 2.51. The van der Waals surface area contributed by atoms with Crippen molar-refractivity contribution in [3.05, 3.63) is 112 Å². The zero-order valence-corrected chi connectivity index (χ0v) is 16.2. The lowest BCUT2D eigenvalue weighted by atomic mass is 9.75. The number of allylic oxidation sites excluding steroid dienone is 3. The van der Waals surface area contributed by atoms with Crippen LogP contribution >= 0.6 is 0 Å². The molecule has 3 heteroatoms. The van der Waals surface area contributed by atoms with Gasteiger partial charge in [-0.05, 0) is 58.4 Å². The summed E-state index contributed by atoms with van der Waals surface area (Å²) in [5.41, 5.74) is 9.97. The van der Waals surface area contributed by atoms with Crippen LogP contribution in [0.25, 0.3) is 11.1 Å². The van der Waals surface area contributed by atoms with Gasteiger partial charge in [0.25, 0.3) is 0 Å². The highest BCUT2D eigenvalue weighted by Crippen LogP contribution is 2.50. The molecule has 0 fully saturated rings. The second kappa shape index (κ2) is 6.28. The van der Waals surface area contributed by atoms with E-state index in [1.165, 1.54) is 39.0 Å². The molecule has 1 aromatic carbocycles. The highest BCUT2D eigenvalue weighted by atomic mass is 16.5. The quantitative estimate of drug-likeness (QED) is 0.402. The Bertz CT molecular complexity index is 1200. The van der Waals surface area contributed by atoms with Crippen molar-refractivity contribution >= 4 is 11.1 Å². The van der Waals surface area contributed by atoms with Crippen LogP contribution in [0.2, 0.25) is 0 Å². The molecule has 6 rings (SSSR count). The van der Waals surface area contributed by atoms with Gasteiger partial charge in [0.2, 0.25) is 0 Å². The lowest BCUT2D eigenvalue weighted by molar-refractivity contribution is 0.419. The first-order valence-corrected chi connectivity index (χ1v) is 10.1. The van der Waals surface area contributed by atoms with E-state index in [4.69, 9.17) is 4.74 Å². The van der Waals surface area contributed by atoms with Gasteiger partial charge in [0, 0.05) is 41.7 Å². The minimum Gasteiger partial charge on any atom is -0.455 e. The minimum atomic E-state index is 0.479. The van der Waals surface area contributed by atoms with Crippen LogP contribution in [0.5, 0.6) is 5.75 Å². The number of benzene rings is 1. The smallest absolute Gasteiger partial charge is 0.153 e. The molecule has 1 aliphatic heterocycles. The Hall–Kier alpha value is -3.46. The Morgan fingerprint density at radius 2 is 1.66 bits per heavy atom. The van der Waals surface area contributed by atoms with Crippen molar-refractivity contribution in [2.45, 2.75) is 19.8 Å². The predicted molar refractivity (Wildman–Crippen MR) is 114 cm³/mol. The summed E-state index contributed by atoms with van der Waals surface area (Å²) in [7, 11) is 0. The molecule has 0 amide bonds. The van der Waals surface area contributed by atoms with Crippen LogP contribution in [0.1, 0.15) is 41.2 Å². The zero-order chi connectivity index (χ0) is 19.4. The maximum absolute atomic E-state index is 6.27. The van der Waals surface area contributed by atoms with Gasteiger partial charge in [-0.1, -0.05) is 37.3 Å². The van der Waals surface area contributed by atoms with Crippen molar-refractivity contribution in [3.63, 3.8) is 0 Å². The first kappa shape index (κ1) is 16.5. The summed E-state index contributed by atoms with van der Waals surface area (Å²) >= 11 is 0. The van der Waals surface area contributed by atoms with Crippen molar-refractivity contribution in [2.24, 2.45) is 5.92 Å². The Kier molecular flexibility index (Phi) is 3.57. The van der Waals surface area contributed by atoms with Crippen LogP contribution in [-0.2, 0) is 6.42 Å². The summed E-state index contributed by atoms with van der Waals surface area (Å²) in [5, 5.41) is 0. The third-order valence-corrected chi connectivity index (χ3v) is 6.03. The van der Waals surface area contributed by atoms with Gasteiger partial charge in [0.05, 0.1) is 6.20 Å². The van der Waals surface area contributed by atoms with Crippen molar-refractivity contribution in [2.75, 3.05) is 0 Å². The molecule has 0 N–H and O–H groups in total. The average molecular weight is 376 g/mol. The van der Waals surface area contributed by atoms with Gasteiger partial charge in [-0.2, -0.15) is 0 Å². The van der Waals surface area contributed by atoms with E-state index in [1.54, 1.807) is 0 Å². The highest BCUT2D eigenvalue weighted by molar-refractivity contribution is 6.09. The molecule has 3 heterocycles. The van der Waals surface area contributed by atoms with E-state index in [0.717, 1.165) is 29.9 Å². The predicted octanol–water partition coefficient (Wildman–Crippen LogP) is 5.58. The van der Waals surface area contributed by atoms with Crippen LogP contribution in [0.3, 0.4) is 0 Å². The van der Waals surface area contributed by atoms with Crippen LogP contribution in [0, 0.1) is 5.92 Å². The second-order valence-electron chi connectivity index (χ2n) is 7.95. The van der Waals surface area contributed by atoms with Gasteiger partial charge < -0.3 is 4.74 Å². The Labute approximate surface area is 170 Å². The van der Waals surface area contributed by atoms with E-state index >= 15 is 0 Å². The van der Waals surface area contributed by atoms with E-state index in [2.05, 4.69) is 65.4 Å². The standard InChI is InChI=1S/C26H20N2O/c1-16-6-7-23-22(12-16)26(21-9-11-28-15-24(21)29-23)25-19-5-3-2-4-17(19)13-18-14-27-10-8-20(18)25/h2-5,7-12,14-16H,6,13H2,1H3/b26-25+. The van der Waals surface area contributed by atoms with Gasteiger partial charge in [-0.25, -0.2) is 0 Å². The summed E-state index contributed by atoms with van der Waals surface area (Å²) in [4.78, 5) is 8.72. The van der Waals surface area contributed by atoms with Crippen LogP contribution < -0.4 is 4.74 Å². The van der Waals surface area contributed by atoms with E-state index in [0.29, 0.717) is 5.92 Å². The summed E-state index contributed by atoms with van der Waals surface area (Å²) in [6, 6.07) is 13.0. The van der Waals surface area contributed by atoms with Crippen molar-refractivity contribution < 1.29 is 4.74 Å². The molecule has 140 valence electrons. The minimum absolute atomic E-state index is 0.479. The summed E-state index contributed by atoms with van der Waals surface area (Å²) < 4.78 is 6.27. The molecule has 1 atom stereocenters. The number of nitrogens with zero attached hydrogens (tertiary/aromatic N) is 2. The molecular weight excluding hydrogens is 356 g/mol. The maximum atomic E-state index is 6.27. The zero-order valence-electron chi connectivity index (χ0n) is 16.2. The monoisotopic (exact) mass is 376 g/mol. The first-order chi connectivity index (χ1) is 14.3. The molecule has 0 bridgehead atoms. The fraction of sp³-hybridized carbons (Fsp3) is 0.154. The van der Waals surface area contributed by atoms with Crippen LogP contribution in [0.4, 0.5) is 0 Å². The van der Waals surface area contributed by atoms with Gasteiger partial charge in [0.15, 0.2) is 5.75 Å². The van der Waals surface area contributed by atoms with Crippen LogP contribution in [0.15, 0.2) is 84.7 Å². The highest BCUT2D eigenvalue weighted by Gasteiger charge is 2.32. The van der Waals surface area contributed by atoms with Crippen molar-refractivity contribution in [1.29, 1.82) is 0 Å². The molecule has 0 radical (unpaired) electrons. The molecule has 1 unspecified atom stereocenters. The Balaban J connectivity index is 1.77. The van der Waals surface area contributed by atoms with Gasteiger partial charge in [-0.3, -0.25) is 9.97 Å². The SMILES string of the molecule is CC1C=C2C(=CC1)Oc1cnccc1/C2=C1/c2ccccc2Cc2cnccc21. The van der Waals surface area contributed by atoms with Crippen molar-refractivity contribution in [3.8, 4) is 5.75 Å². The van der Waals surface area contributed by atoms with Crippen LogP contribution in [-0.4, -0.2) is 9.97 Å². The maximum Gasteiger partial charge on any atom is 0.153 e. The molecule has 3 aromatic rings. The number of ether oxygens (including phenoxy) is 1. The normalized spacial score (nSPS) is 21.6. The molecule has 3 aliphatic rings. The van der Waals surface area contributed by atoms with E-state index in [1.807, 2.05) is 24.8 Å². The lowest BCUT2D eigenvalue weighted by Gasteiger charge is -2.32. The van der Waals surface area contributed by atoms with E-state index in [9.17, 15) is 0 Å². The molecular formula is C26H20N2O. The molecule has 2 aliphatic carbocycles. The number of pyridine rings is 2. The molecule has 2 aromatic heterocycles. The van der Waals surface area contributed by atoms with Gasteiger partial charge >= 0.3 is 0 Å². The number of hydrogen-bond donors (Lipinski definition) is 0. The van der Waals surface area contributed by atoms with E-state index < -0.39 is 0 Å². The first-order valence-electron chi connectivity index (χ1n) is 10.1. The lowest BCUT2D eigenvalue weighted by Crippen LogP contribution is -2.17. The number of hydrogen-bond acceptors (Lipinski definition) is 3. The van der Waals surface area contributed by atoms with Gasteiger partial charge in [-0.15, -0.1) is 0 Å². The number of fused-ring (bicyclic) bond motifs is 4. The Morgan fingerprint density at radius 1 is 0.862 bits per heavy atom. The average Bonchev–Trinajstić information content (AvgIpc) is 2.76. The topological polar surface area (TPSA) is 35.0 Å². The molecule has 3 nitrogen and oxygen atoms in total. The van der Waals surface area contributed by atoms with Gasteiger partial charge in [0.1, 0.15) is 5.76 Å². The number of rotatable bonds is 0. The second-order valence-corrected chi connectivity index (χ2v) is 7.95. The molecule has 0 saturated carbocycles. The summed E-state index contributed by atoms with van der Waals surface area (Å²) in [6.45, 7) is 2.26. The third-order valence-electron chi connectivity index (χ3n) is 6.03. The largest absolute Gasteiger partial charge is 0.455 e. The molecule has 0 spiro atoms. The summed E-state index contributed by atoms with van der Waals surface area (Å²) in [5.74, 6) is 2.25. The summed E-state index contributed by atoms with van der Waals surface area (Å²) in [6.07, 6.45) is 14.1. The Morgan fingerprint density at radius 3 is 2.59 bits per heavy atom. The molecule has 0 saturated heterocycles. The fourth-order valence-corrected chi connectivity index (χ4v) is 4.69. The fourth-order valence-electron chi connectivity index (χ4n) is 4.69. The number of aromatic nitrogens is 2. The van der Waals surface area contributed by atoms with E-state index in [-0.39, 0.29) is 0 Å². The molecule has 29 heavy (non-hydrogen) atoms.